The quantitative estimate of drug-likeness (QED) is 0.207. The van der Waals surface area contributed by atoms with E-state index in [1.165, 1.54) is 50.4 Å². The van der Waals surface area contributed by atoms with Crippen molar-refractivity contribution in [3.63, 3.8) is 0 Å². The third kappa shape index (κ3) is 7.19. The number of hydrogen-bond donors (Lipinski definition) is 3. The van der Waals surface area contributed by atoms with Gasteiger partial charge in [-0.05, 0) is 86.8 Å². The Morgan fingerprint density at radius 1 is 1.02 bits per heavy atom. The second-order valence-corrected chi connectivity index (χ2v) is 10.1. The van der Waals surface area contributed by atoms with E-state index in [-0.39, 0.29) is 33.9 Å². The number of carboxylic acids is 1. The van der Waals surface area contributed by atoms with Gasteiger partial charge in [-0.2, -0.15) is 13.2 Å². The molecule has 1 heterocycles. The number of halogens is 4. The number of hydrogen-bond acceptors (Lipinski definition) is 7. The zero-order valence-electron chi connectivity index (χ0n) is 22.8. The highest BCUT2D eigenvalue weighted by molar-refractivity contribution is 5.96. The van der Waals surface area contributed by atoms with Crippen LogP contribution in [0.5, 0.6) is 11.5 Å². The van der Waals surface area contributed by atoms with Crippen molar-refractivity contribution in [2.24, 2.45) is 5.73 Å². The van der Waals surface area contributed by atoms with Crippen molar-refractivity contribution >= 4 is 11.8 Å². The molecule has 3 aromatic rings. The molecule has 0 saturated heterocycles. The van der Waals surface area contributed by atoms with Crippen LogP contribution in [0.25, 0.3) is 11.3 Å². The molecule has 1 atom stereocenters. The average molecular weight is 579 g/mol. The first-order valence-corrected chi connectivity index (χ1v) is 12.4. The normalized spacial score (nSPS) is 13.4. The number of ketones is 1. The summed E-state index contributed by atoms with van der Waals surface area (Å²) in [6.45, 7) is 3.96. The van der Waals surface area contributed by atoms with Crippen molar-refractivity contribution in [2.75, 3.05) is 13.7 Å². The fraction of sp³-hybridized carbons (Fsp3) is 0.345. The van der Waals surface area contributed by atoms with Crippen LogP contribution in [-0.2, 0) is 15.9 Å². The monoisotopic (exact) mass is 578 g/mol. The van der Waals surface area contributed by atoms with E-state index in [0.29, 0.717) is 5.56 Å². The number of nitrogens with zero attached hydrogens (tertiary/aromatic N) is 1. The number of carboxylic acid groups (broad SMARTS) is 1. The first-order chi connectivity index (χ1) is 19.0. The predicted molar refractivity (Wildman–Crippen MR) is 141 cm³/mol. The number of benzene rings is 2. The Kier molecular flexibility index (Phi) is 9.09. The van der Waals surface area contributed by atoms with Crippen LogP contribution in [-0.4, -0.2) is 46.8 Å². The molecule has 0 fully saturated rings. The lowest BCUT2D eigenvalue weighted by Gasteiger charge is -2.32. The van der Waals surface area contributed by atoms with Crippen molar-refractivity contribution in [3.05, 3.63) is 76.7 Å². The summed E-state index contributed by atoms with van der Waals surface area (Å²) in [7, 11) is 1.25. The van der Waals surface area contributed by atoms with Gasteiger partial charge in [-0.3, -0.25) is 4.79 Å². The Balaban J connectivity index is 2.01. The average Bonchev–Trinajstić information content (AvgIpc) is 2.90. The minimum Gasteiger partial charge on any atom is -0.493 e. The van der Waals surface area contributed by atoms with Crippen molar-refractivity contribution in [1.29, 1.82) is 0 Å². The van der Waals surface area contributed by atoms with Gasteiger partial charge in [-0.15, -0.1) is 0 Å². The van der Waals surface area contributed by atoms with E-state index in [1.54, 1.807) is 13.8 Å². The molecule has 8 nitrogen and oxygen atoms in total. The zero-order valence-corrected chi connectivity index (χ0v) is 22.8. The number of carbonyl (C=O) groups is 2. The summed E-state index contributed by atoms with van der Waals surface area (Å²) in [4.78, 5) is 27.8. The predicted octanol–water partition coefficient (Wildman–Crippen LogP) is 5.27. The van der Waals surface area contributed by atoms with Crippen LogP contribution in [0.15, 0.2) is 48.5 Å². The van der Waals surface area contributed by atoms with Gasteiger partial charge >= 0.3 is 12.1 Å². The van der Waals surface area contributed by atoms with Gasteiger partial charge in [0.15, 0.2) is 23.9 Å². The van der Waals surface area contributed by atoms with Crippen molar-refractivity contribution in [2.45, 2.75) is 50.9 Å². The molecule has 4 N–H and O–H groups in total. The zero-order chi connectivity index (χ0) is 30.8. The molecule has 1 unspecified atom stereocenters. The number of aliphatic carboxylic acids is 1. The number of rotatable bonds is 11. The second kappa shape index (κ2) is 11.8. The van der Waals surface area contributed by atoms with Gasteiger partial charge in [-0.25, -0.2) is 14.2 Å². The number of aryl methyl sites for hydroxylation is 1. The molecule has 220 valence electrons. The second-order valence-electron chi connectivity index (χ2n) is 10.1. The third-order valence-corrected chi connectivity index (χ3v) is 6.47. The highest BCUT2D eigenvalue weighted by Gasteiger charge is 2.56. The van der Waals surface area contributed by atoms with E-state index in [0.717, 1.165) is 12.1 Å². The summed E-state index contributed by atoms with van der Waals surface area (Å²) in [6, 6.07) is 10.2. The van der Waals surface area contributed by atoms with E-state index in [2.05, 4.69) is 4.98 Å². The van der Waals surface area contributed by atoms with Gasteiger partial charge in [-0.1, -0.05) is 0 Å². The van der Waals surface area contributed by atoms with Crippen LogP contribution in [0, 0.1) is 12.7 Å². The van der Waals surface area contributed by atoms with Gasteiger partial charge in [0, 0.05) is 23.1 Å². The molecule has 2 aromatic carbocycles. The molecule has 0 radical (unpaired) electrons. The fourth-order valence-electron chi connectivity index (χ4n) is 4.02. The molecule has 3 rings (SSSR count). The van der Waals surface area contributed by atoms with E-state index < -0.39 is 60.0 Å². The van der Waals surface area contributed by atoms with E-state index in [9.17, 15) is 32.3 Å². The number of pyridine rings is 1. The SMILES string of the molecule is COc1cc(C(=O)CCC(O)(c2cc(C(C)(C)N)cc(-c3ccc(F)c(C)c3)n2)C(F)(F)F)ccc1OCC(=O)O. The van der Waals surface area contributed by atoms with E-state index in [4.69, 9.17) is 20.3 Å². The first-order valence-electron chi connectivity index (χ1n) is 12.4. The number of aromatic nitrogens is 1. The minimum absolute atomic E-state index is 0.00182. The number of ether oxygens (including phenoxy) is 2. The highest BCUT2D eigenvalue weighted by Crippen LogP contribution is 2.43. The molecule has 0 spiro atoms. The first kappa shape index (κ1) is 31.5. The molecule has 0 aliphatic heterocycles. The van der Waals surface area contributed by atoms with Gasteiger partial charge in [0.25, 0.3) is 0 Å². The largest absolute Gasteiger partial charge is 0.493 e. The van der Waals surface area contributed by atoms with Crippen molar-refractivity contribution in [1.82, 2.24) is 4.98 Å². The van der Waals surface area contributed by atoms with Crippen LogP contribution in [0.2, 0.25) is 0 Å². The number of Topliss-reactive ketones (excluding diaryl/α,β-unsaturated/α-hetero) is 1. The molecule has 0 aliphatic rings. The molecule has 0 saturated carbocycles. The van der Waals surface area contributed by atoms with Crippen LogP contribution in [0.4, 0.5) is 17.6 Å². The van der Waals surface area contributed by atoms with Crippen molar-refractivity contribution < 1.29 is 46.8 Å². The topological polar surface area (TPSA) is 132 Å². The maximum Gasteiger partial charge on any atom is 0.422 e. The summed E-state index contributed by atoms with van der Waals surface area (Å²) in [6.07, 6.45) is -7.05. The minimum atomic E-state index is -5.24. The molecule has 12 heteroatoms. The molecule has 0 amide bonds. The number of methoxy groups -OCH3 is 1. The third-order valence-electron chi connectivity index (χ3n) is 6.47. The molecule has 1 aromatic heterocycles. The lowest BCUT2D eigenvalue weighted by Crippen LogP contribution is -2.44. The Bertz CT molecular complexity index is 1450. The number of aliphatic hydroxyl groups is 1. The van der Waals surface area contributed by atoms with Gasteiger partial charge in [0.05, 0.1) is 18.5 Å². The summed E-state index contributed by atoms with van der Waals surface area (Å²) in [5.41, 5.74) is 1.55. The smallest absolute Gasteiger partial charge is 0.422 e. The molecule has 0 aliphatic carbocycles. The lowest BCUT2D eigenvalue weighted by atomic mass is 9.86. The van der Waals surface area contributed by atoms with E-state index in [1.807, 2.05) is 0 Å². The van der Waals surface area contributed by atoms with Gasteiger partial charge in [0.2, 0.25) is 5.60 Å². The van der Waals surface area contributed by atoms with E-state index >= 15 is 0 Å². The molecular weight excluding hydrogens is 548 g/mol. The summed E-state index contributed by atoms with van der Waals surface area (Å²) >= 11 is 0. The van der Waals surface area contributed by atoms with Crippen LogP contribution in [0.3, 0.4) is 0 Å². The van der Waals surface area contributed by atoms with Crippen LogP contribution >= 0.6 is 0 Å². The fourth-order valence-corrected chi connectivity index (χ4v) is 4.02. The number of nitrogens with two attached hydrogens (primary N) is 1. The van der Waals surface area contributed by atoms with Crippen LogP contribution in [0.1, 0.15) is 53.9 Å². The van der Waals surface area contributed by atoms with Crippen molar-refractivity contribution in [3.8, 4) is 22.8 Å². The van der Waals surface area contributed by atoms with Crippen LogP contribution < -0.4 is 15.2 Å². The summed E-state index contributed by atoms with van der Waals surface area (Å²) in [5.74, 6) is -2.48. The summed E-state index contributed by atoms with van der Waals surface area (Å²) in [5, 5.41) is 19.9. The van der Waals surface area contributed by atoms with Gasteiger partial charge in [0.1, 0.15) is 5.82 Å². The van der Waals surface area contributed by atoms with Gasteiger partial charge < -0.3 is 25.4 Å². The summed E-state index contributed by atoms with van der Waals surface area (Å²) < 4.78 is 67.5. The highest BCUT2D eigenvalue weighted by atomic mass is 19.4. The molecule has 41 heavy (non-hydrogen) atoms. The molecule has 0 bridgehead atoms. The standard InChI is InChI=1S/C29H30F4N2O6/c1-16-11-17(5-7-20(16)30)21-13-19(27(2,3)34)14-25(35-21)28(39,29(31,32)33)10-9-22(36)18-6-8-23(24(12-18)40-4)41-15-26(37)38/h5-8,11-14,39H,9-10,15,34H2,1-4H3,(H,37,38). The Labute approximate surface area is 233 Å². The molecular formula is C29H30F4N2O6. The maximum absolute atomic E-state index is 14.5. The Hall–Kier alpha value is -4.03. The Morgan fingerprint density at radius 3 is 2.27 bits per heavy atom. The maximum atomic E-state index is 14.5. The number of alkyl halides is 3. The Morgan fingerprint density at radius 2 is 1.71 bits per heavy atom. The number of carbonyl (C=O) groups excluding carboxylic acids is 1. The lowest BCUT2D eigenvalue weighted by molar-refractivity contribution is -0.270.